The van der Waals surface area contributed by atoms with Crippen LogP contribution in [0.2, 0.25) is 0 Å². The minimum Gasteiger partial charge on any atom is -0.490 e. The standard InChI is InChI=1S/C17H21F2N5O2/c1-5-11-7-15(24-16(22-11)17(4,18)19)23-12-8-14(21-10(3)25)20-9-13(12)26-6-2/h7-9H,5-6H2,1-4H3,(H2,20,21,22,23,24,25)/i2D3,6D2. The molecule has 0 atom stereocenters. The van der Waals surface area contributed by atoms with Crippen LogP contribution in [-0.2, 0) is 17.1 Å². The van der Waals surface area contributed by atoms with Gasteiger partial charge in [-0.25, -0.2) is 15.0 Å². The highest BCUT2D eigenvalue weighted by atomic mass is 19.3. The van der Waals surface area contributed by atoms with Gasteiger partial charge in [-0.3, -0.25) is 4.79 Å². The van der Waals surface area contributed by atoms with Gasteiger partial charge in [0.2, 0.25) is 11.7 Å². The van der Waals surface area contributed by atoms with Crippen LogP contribution in [0.25, 0.3) is 0 Å². The average molecular weight is 370 g/mol. The van der Waals surface area contributed by atoms with Gasteiger partial charge in [-0.2, -0.15) is 8.78 Å². The van der Waals surface area contributed by atoms with Crippen molar-refractivity contribution in [2.24, 2.45) is 0 Å². The average Bonchev–Trinajstić information content (AvgIpc) is 2.61. The molecule has 7 nitrogen and oxygen atoms in total. The van der Waals surface area contributed by atoms with E-state index in [0.717, 1.165) is 6.20 Å². The highest BCUT2D eigenvalue weighted by Gasteiger charge is 2.29. The van der Waals surface area contributed by atoms with Gasteiger partial charge < -0.3 is 15.4 Å². The second-order valence-corrected chi connectivity index (χ2v) is 5.39. The number of aryl methyl sites for hydroxylation is 1. The molecule has 2 rings (SSSR count). The van der Waals surface area contributed by atoms with Gasteiger partial charge in [0.05, 0.1) is 21.2 Å². The molecule has 26 heavy (non-hydrogen) atoms. The SMILES string of the molecule is [2H]C([2H])([2H])C([2H])([2H])Oc1cnc(NC(C)=O)cc1Nc1cc(CC)nc(C(C)(F)F)n1. The topological polar surface area (TPSA) is 89.0 Å². The van der Waals surface area contributed by atoms with Gasteiger partial charge in [0, 0.05) is 35.8 Å². The van der Waals surface area contributed by atoms with Crippen molar-refractivity contribution in [3.8, 4) is 5.75 Å². The molecule has 0 aromatic carbocycles. The number of amides is 1. The largest absolute Gasteiger partial charge is 0.490 e. The van der Waals surface area contributed by atoms with Crippen molar-refractivity contribution in [2.75, 3.05) is 17.2 Å². The Morgan fingerprint density at radius 3 is 2.77 bits per heavy atom. The first-order valence-corrected chi connectivity index (χ1v) is 7.62. The summed E-state index contributed by atoms with van der Waals surface area (Å²) in [5.74, 6) is -4.87. The third-order valence-electron chi connectivity index (χ3n) is 3.13. The van der Waals surface area contributed by atoms with Crippen molar-refractivity contribution < 1.29 is 25.2 Å². The Morgan fingerprint density at radius 1 is 1.38 bits per heavy atom. The van der Waals surface area contributed by atoms with Crippen LogP contribution in [-0.4, -0.2) is 27.4 Å². The van der Waals surface area contributed by atoms with Crippen LogP contribution in [0.3, 0.4) is 0 Å². The normalized spacial score (nSPS) is 15.0. The minimum atomic E-state index is -3.32. The smallest absolute Gasteiger partial charge is 0.303 e. The van der Waals surface area contributed by atoms with Crippen LogP contribution in [0, 0.1) is 0 Å². The maximum absolute atomic E-state index is 13.8. The van der Waals surface area contributed by atoms with E-state index in [1.807, 2.05) is 0 Å². The molecule has 140 valence electrons. The van der Waals surface area contributed by atoms with Gasteiger partial charge >= 0.3 is 5.92 Å². The Morgan fingerprint density at radius 2 is 2.15 bits per heavy atom. The number of hydrogen-bond donors (Lipinski definition) is 2. The van der Waals surface area contributed by atoms with Crippen molar-refractivity contribution in [2.45, 2.75) is 40.0 Å². The van der Waals surface area contributed by atoms with Crippen LogP contribution in [0.4, 0.5) is 26.1 Å². The summed E-state index contributed by atoms with van der Waals surface area (Å²) in [7, 11) is 0. The van der Waals surface area contributed by atoms with Crippen molar-refractivity contribution in [1.29, 1.82) is 0 Å². The van der Waals surface area contributed by atoms with E-state index in [1.54, 1.807) is 6.92 Å². The zero-order chi connectivity index (χ0) is 23.6. The van der Waals surface area contributed by atoms with E-state index < -0.39 is 31.1 Å². The molecule has 0 aliphatic rings. The van der Waals surface area contributed by atoms with Gasteiger partial charge in [-0.1, -0.05) is 6.92 Å². The van der Waals surface area contributed by atoms with Gasteiger partial charge in [-0.05, 0) is 13.3 Å². The lowest BCUT2D eigenvalue weighted by Crippen LogP contribution is -2.15. The van der Waals surface area contributed by atoms with Crippen molar-refractivity contribution >= 4 is 23.2 Å². The number of pyridine rings is 1. The van der Waals surface area contributed by atoms with E-state index in [0.29, 0.717) is 19.0 Å². The first-order valence-electron chi connectivity index (χ1n) is 10.1. The van der Waals surface area contributed by atoms with Gasteiger partial charge in [0.25, 0.3) is 0 Å². The summed E-state index contributed by atoms with van der Waals surface area (Å²) in [5, 5.41) is 5.10. The van der Waals surface area contributed by atoms with Crippen LogP contribution in [0.15, 0.2) is 18.3 Å². The van der Waals surface area contributed by atoms with Crippen LogP contribution in [0.1, 0.15) is 46.0 Å². The molecule has 0 saturated heterocycles. The maximum atomic E-state index is 13.8. The molecule has 2 N–H and O–H groups in total. The molecule has 0 fully saturated rings. The molecule has 1 amide bonds. The van der Waals surface area contributed by atoms with Crippen molar-refractivity contribution in [3.63, 3.8) is 0 Å². The van der Waals surface area contributed by atoms with Crippen LogP contribution in [0.5, 0.6) is 5.75 Å². The van der Waals surface area contributed by atoms with E-state index in [1.165, 1.54) is 19.1 Å². The van der Waals surface area contributed by atoms with Crippen molar-refractivity contribution in [1.82, 2.24) is 15.0 Å². The first-order chi connectivity index (χ1) is 14.1. The third kappa shape index (κ3) is 5.08. The first kappa shape index (κ1) is 13.4. The molecule has 0 spiro atoms. The molecule has 0 bridgehead atoms. The summed E-state index contributed by atoms with van der Waals surface area (Å²) < 4.78 is 69.8. The molecule has 2 aromatic heterocycles. The van der Waals surface area contributed by atoms with Crippen LogP contribution >= 0.6 is 0 Å². The number of nitrogens with zero attached hydrogens (tertiary/aromatic N) is 3. The number of nitrogens with one attached hydrogen (secondary N) is 2. The molecule has 9 heteroatoms. The fourth-order valence-electron chi connectivity index (χ4n) is 2.00. The minimum absolute atomic E-state index is 0.0302. The lowest BCUT2D eigenvalue weighted by molar-refractivity contribution is -0.114. The second kappa shape index (κ2) is 8.03. The summed E-state index contributed by atoms with van der Waals surface area (Å²) in [6.45, 7) is -2.61. The predicted octanol–water partition coefficient (Wildman–Crippen LogP) is 3.65. The number of alkyl halides is 2. The highest BCUT2D eigenvalue weighted by Crippen LogP contribution is 2.31. The number of anilines is 3. The van der Waals surface area contributed by atoms with E-state index in [4.69, 9.17) is 11.6 Å². The number of rotatable bonds is 7. The Balaban J connectivity index is 2.53. The van der Waals surface area contributed by atoms with E-state index in [9.17, 15) is 13.6 Å². The lowest BCUT2D eigenvalue weighted by atomic mass is 10.2. The maximum Gasteiger partial charge on any atom is 0.303 e. The molecular weight excluding hydrogens is 344 g/mol. The fraction of sp³-hybridized carbons (Fsp3) is 0.412. The van der Waals surface area contributed by atoms with Gasteiger partial charge in [0.15, 0.2) is 5.75 Å². The number of ether oxygens (including phenoxy) is 1. The molecule has 0 aliphatic heterocycles. The van der Waals surface area contributed by atoms with E-state index in [-0.39, 0.29) is 23.1 Å². The van der Waals surface area contributed by atoms with E-state index in [2.05, 4.69) is 25.6 Å². The molecule has 2 aromatic rings. The number of carbonyl (C=O) groups is 1. The number of halogens is 2. The summed E-state index contributed by atoms with van der Waals surface area (Å²) in [5.41, 5.74) is 0.253. The Bertz CT molecular complexity index is 967. The molecule has 0 aliphatic carbocycles. The quantitative estimate of drug-likeness (QED) is 0.773. The molecule has 0 unspecified atom stereocenters. The Labute approximate surface area is 157 Å². The lowest BCUT2D eigenvalue weighted by Gasteiger charge is -2.16. The summed E-state index contributed by atoms with van der Waals surface area (Å²) >= 11 is 0. The Kier molecular flexibility index (Phi) is 4.13. The van der Waals surface area contributed by atoms with Gasteiger partial charge in [0.1, 0.15) is 11.6 Å². The van der Waals surface area contributed by atoms with Gasteiger partial charge in [-0.15, -0.1) is 0 Å². The highest BCUT2D eigenvalue weighted by molar-refractivity contribution is 5.88. The fourth-order valence-corrected chi connectivity index (χ4v) is 2.00. The monoisotopic (exact) mass is 370 g/mol. The summed E-state index contributed by atoms with van der Waals surface area (Å²) in [4.78, 5) is 22.8. The van der Waals surface area contributed by atoms with E-state index >= 15 is 0 Å². The Hall–Kier alpha value is -2.84. The zero-order valence-electron chi connectivity index (χ0n) is 19.4. The molecule has 0 saturated carbocycles. The molecule has 2 heterocycles. The molecule has 0 radical (unpaired) electrons. The van der Waals surface area contributed by atoms with Crippen molar-refractivity contribution in [3.05, 3.63) is 29.8 Å². The third-order valence-corrected chi connectivity index (χ3v) is 3.13. The van der Waals surface area contributed by atoms with Crippen LogP contribution < -0.4 is 15.4 Å². The number of aromatic nitrogens is 3. The summed E-state index contributed by atoms with van der Waals surface area (Å²) in [6, 6.07) is 2.62. The number of hydrogen-bond acceptors (Lipinski definition) is 6. The zero-order valence-corrected chi connectivity index (χ0v) is 14.4. The summed E-state index contributed by atoms with van der Waals surface area (Å²) in [6.07, 6.45) is 1.33. The second-order valence-electron chi connectivity index (χ2n) is 5.39. The molecular formula is C17H21F2N5O2. The predicted molar refractivity (Wildman–Crippen MR) is 94.0 cm³/mol. The number of carbonyl (C=O) groups excluding carboxylic acids is 1.